The van der Waals surface area contributed by atoms with Crippen LogP contribution in [0.4, 0.5) is 5.69 Å². The van der Waals surface area contributed by atoms with Gasteiger partial charge in [0.2, 0.25) is 10.0 Å². The minimum atomic E-state index is -3.32. The lowest BCUT2D eigenvalue weighted by molar-refractivity contribution is 0.521. The highest BCUT2D eigenvalue weighted by Crippen LogP contribution is 2.16. The standard InChI is InChI=1S/C12H20N2O2S.H3N/c1-10(2)9-13-11-5-7-12(8-6-11)17(15,16)14(3)4;/h5-8,10,13H,9H2,1-4H3;1H3. The molecule has 0 unspecified atom stereocenters. The lowest BCUT2D eigenvalue weighted by atomic mass is 10.2. The average Bonchev–Trinajstić information content (AvgIpc) is 2.26. The molecule has 0 aromatic heterocycles. The van der Waals surface area contributed by atoms with E-state index in [0.29, 0.717) is 10.8 Å². The quantitative estimate of drug-likeness (QED) is 0.861. The zero-order valence-electron chi connectivity index (χ0n) is 11.5. The Morgan fingerprint density at radius 3 is 2.06 bits per heavy atom. The van der Waals surface area contributed by atoms with Gasteiger partial charge in [0.1, 0.15) is 0 Å². The van der Waals surface area contributed by atoms with E-state index in [-0.39, 0.29) is 6.15 Å². The Morgan fingerprint density at radius 1 is 1.17 bits per heavy atom. The predicted molar refractivity (Wildman–Crippen MR) is 75.7 cm³/mol. The van der Waals surface area contributed by atoms with Crippen LogP contribution in [0.5, 0.6) is 0 Å². The molecule has 0 aliphatic carbocycles. The molecule has 1 rings (SSSR count). The summed E-state index contributed by atoms with van der Waals surface area (Å²) in [5.41, 5.74) is 0.941. The Balaban J connectivity index is 0.00000289. The highest BCUT2D eigenvalue weighted by Gasteiger charge is 2.16. The van der Waals surface area contributed by atoms with Crippen LogP contribution in [-0.4, -0.2) is 33.4 Å². The van der Waals surface area contributed by atoms with Crippen molar-refractivity contribution in [2.24, 2.45) is 5.92 Å². The molecule has 0 saturated heterocycles. The minimum absolute atomic E-state index is 0. The summed E-state index contributed by atoms with van der Waals surface area (Å²) >= 11 is 0. The second-order valence-electron chi connectivity index (χ2n) is 4.59. The Labute approximate surface area is 110 Å². The first-order valence-electron chi connectivity index (χ1n) is 5.60. The summed E-state index contributed by atoms with van der Waals surface area (Å²) in [5.74, 6) is 0.556. The van der Waals surface area contributed by atoms with E-state index in [9.17, 15) is 8.42 Å². The van der Waals surface area contributed by atoms with Gasteiger partial charge < -0.3 is 11.5 Å². The van der Waals surface area contributed by atoms with E-state index in [2.05, 4.69) is 19.2 Å². The molecule has 18 heavy (non-hydrogen) atoms. The van der Waals surface area contributed by atoms with Gasteiger partial charge in [-0.15, -0.1) is 0 Å². The van der Waals surface area contributed by atoms with Crippen LogP contribution in [0.25, 0.3) is 0 Å². The maximum atomic E-state index is 11.8. The Hall–Kier alpha value is -1.11. The lowest BCUT2D eigenvalue weighted by Gasteiger charge is -2.13. The summed E-state index contributed by atoms with van der Waals surface area (Å²) in [6.07, 6.45) is 0. The van der Waals surface area contributed by atoms with Gasteiger partial charge in [0.05, 0.1) is 4.90 Å². The van der Waals surface area contributed by atoms with Crippen LogP contribution in [0.1, 0.15) is 13.8 Å². The largest absolute Gasteiger partial charge is 0.385 e. The average molecular weight is 273 g/mol. The van der Waals surface area contributed by atoms with Crippen LogP contribution in [-0.2, 0) is 10.0 Å². The zero-order valence-corrected chi connectivity index (χ0v) is 12.3. The SMILES string of the molecule is CC(C)CNc1ccc(S(=O)(=O)N(C)C)cc1.N. The molecule has 0 fully saturated rings. The van der Waals surface area contributed by atoms with Gasteiger partial charge in [0.15, 0.2) is 0 Å². The van der Waals surface area contributed by atoms with Crippen LogP contribution < -0.4 is 11.5 Å². The molecule has 0 spiro atoms. The second kappa shape index (κ2) is 6.72. The molecule has 0 amide bonds. The lowest BCUT2D eigenvalue weighted by Crippen LogP contribution is -2.22. The van der Waals surface area contributed by atoms with E-state index in [1.807, 2.05) is 0 Å². The van der Waals surface area contributed by atoms with Crippen molar-refractivity contribution in [2.75, 3.05) is 26.0 Å². The first-order valence-corrected chi connectivity index (χ1v) is 7.04. The number of hydrogen-bond donors (Lipinski definition) is 2. The Kier molecular flexibility index (Phi) is 6.31. The molecule has 0 heterocycles. The summed E-state index contributed by atoms with van der Waals surface area (Å²) in [7, 11) is -0.263. The first-order chi connectivity index (χ1) is 7.84. The number of anilines is 1. The second-order valence-corrected chi connectivity index (χ2v) is 6.74. The third-order valence-corrected chi connectivity index (χ3v) is 4.18. The molecule has 0 saturated carbocycles. The molecule has 1 aromatic rings. The van der Waals surface area contributed by atoms with Crippen molar-refractivity contribution in [1.82, 2.24) is 10.5 Å². The number of rotatable bonds is 5. The van der Waals surface area contributed by atoms with Gasteiger partial charge in [-0.25, -0.2) is 12.7 Å². The van der Waals surface area contributed by atoms with Crippen molar-refractivity contribution in [2.45, 2.75) is 18.7 Å². The maximum absolute atomic E-state index is 11.8. The molecule has 0 atom stereocenters. The van der Waals surface area contributed by atoms with Crippen LogP contribution >= 0.6 is 0 Å². The summed E-state index contributed by atoms with van der Waals surface area (Å²) in [5, 5.41) is 3.24. The van der Waals surface area contributed by atoms with E-state index >= 15 is 0 Å². The Bertz CT molecular complexity index is 453. The molecule has 4 N–H and O–H groups in total. The summed E-state index contributed by atoms with van der Waals surface area (Å²) in [4.78, 5) is 0.317. The third-order valence-electron chi connectivity index (χ3n) is 2.35. The summed E-state index contributed by atoms with van der Waals surface area (Å²) in [6.45, 7) is 5.12. The normalized spacial score (nSPS) is 11.4. The molecule has 5 nitrogen and oxygen atoms in total. The topological polar surface area (TPSA) is 84.4 Å². The molecule has 0 radical (unpaired) electrons. The van der Waals surface area contributed by atoms with Gasteiger partial charge >= 0.3 is 0 Å². The molecule has 6 heteroatoms. The minimum Gasteiger partial charge on any atom is -0.385 e. The van der Waals surface area contributed by atoms with E-state index in [1.54, 1.807) is 24.3 Å². The monoisotopic (exact) mass is 273 g/mol. The van der Waals surface area contributed by atoms with Crippen LogP contribution in [0.15, 0.2) is 29.2 Å². The fourth-order valence-electron chi connectivity index (χ4n) is 1.28. The number of hydrogen-bond acceptors (Lipinski definition) is 4. The summed E-state index contributed by atoms with van der Waals surface area (Å²) in [6, 6.07) is 6.83. The fourth-order valence-corrected chi connectivity index (χ4v) is 2.18. The first kappa shape index (κ1) is 16.9. The van der Waals surface area contributed by atoms with Crippen molar-refractivity contribution in [3.8, 4) is 0 Å². The van der Waals surface area contributed by atoms with E-state index in [4.69, 9.17) is 0 Å². The fraction of sp³-hybridized carbons (Fsp3) is 0.500. The molecule has 104 valence electrons. The third kappa shape index (κ3) is 4.29. The van der Waals surface area contributed by atoms with Crippen molar-refractivity contribution in [1.29, 1.82) is 0 Å². The van der Waals surface area contributed by atoms with Gasteiger partial charge in [-0.2, -0.15) is 0 Å². The molecule has 0 aliphatic heterocycles. The van der Waals surface area contributed by atoms with Gasteiger partial charge in [0, 0.05) is 26.3 Å². The van der Waals surface area contributed by atoms with Gasteiger partial charge in [-0.3, -0.25) is 0 Å². The maximum Gasteiger partial charge on any atom is 0.242 e. The van der Waals surface area contributed by atoms with Crippen molar-refractivity contribution < 1.29 is 8.42 Å². The van der Waals surface area contributed by atoms with Gasteiger partial charge in [0.25, 0.3) is 0 Å². The van der Waals surface area contributed by atoms with Crippen molar-refractivity contribution >= 4 is 15.7 Å². The molecule has 1 aromatic carbocycles. The highest BCUT2D eigenvalue weighted by molar-refractivity contribution is 7.89. The number of benzene rings is 1. The van der Waals surface area contributed by atoms with Crippen molar-refractivity contribution in [3.63, 3.8) is 0 Å². The smallest absolute Gasteiger partial charge is 0.242 e. The highest BCUT2D eigenvalue weighted by atomic mass is 32.2. The summed E-state index contributed by atoms with van der Waals surface area (Å²) < 4.78 is 24.8. The van der Waals surface area contributed by atoms with Crippen LogP contribution in [0.3, 0.4) is 0 Å². The predicted octanol–water partition coefficient (Wildman–Crippen LogP) is 2.17. The number of sulfonamides is 1. The van der Waals surface area contributed by atoms with Gasteiger partial charge in [-0.1, -0.05) is 13.8 Å². The Morgan fingerprint density at radius 2 is 1.67 bits per heavy atom. The van der Waals surface area contributed by atoms with E-state index in [1.165, 1.54) is 18.4 Å². The van der Waals surface area contributed by atoms with Gasteiger partial charge in [-0.05, 0) is 30.2 Å². The molecular formula is C12H23N3O2S. The number of nitrogens with one attached hydrogen (secondary N) is 1. The molecular weight excluding hydrogens is 250 g/mol. The zero-order chi connectivity index (χ0) is 13.1. The molecule has 0 bridgehead atoms. The molecule has 0 aliphatic rings. The van der Waals surface area contributed by atoms with Crippen molar-refractivity contribution in [3.05, 3.63) is 24.3 Å². The van der Waals surface area contributed by atoms with Crippen LogP contribution in [0, 0.1) is 5.92 Å². The number of nitrogens with zero attached hydrogens (tertiary/aromatic N) is 1. The van der Waals surface area contributed by atoms with E-state index < -0.39 is 10.0 Å². The van der Waals surface area contributed by atoms with E-state index in [0.717, 1.165) is 12.2 Å². The van der Waals surface area contributed by atoms with Crippen LogP contribution in [0.2, 0.25) is 0 Å².